The third-order valence-electron chi connectivity index (χ3n) is 7.00. The molecule has 3 aromatic rings. The second kappa shape index (κ2) is 12.7. The molecule has 11 nitrogen and oxygen atoms in total. The van der Waals surface area contributed by atoms with Crippen molar-refractivity contribution >= 4 is 35.0 Å². The van der Waals surface area contributed by atoms with Crippen LogP contribution in [0.15, 0.2) is 53.5 Å². The number of carbonyl (C=O) groups is 2. The summed E-state index contributed by atoms with van der Waals surface area (Å²) in [5.74, 6) is -0.552. The van der Waals surface area contributed by atoms with Crippen LogP contribution >= 0.6 is 0 Å². The summed E-state index contributed by atoms with van der Waals surface area (Å²) in [6.07, 6.45) is 3.07. The van der Waals surface area contributed by atoms with E-state index < -0.39 is 17.6 Å². The summed E-state index contributed by atoms with van der Waals surface area (Å²) in [5.41, 5.74) is 4.61. The van der Waals surface area contributed by atoms with E-state index >= 15 is 0 Å². The number of hydrogen-bond acceptors (Lipinski definition) is 7. The van der Waals surface area contributed by atoms with E-state index in [4.69, 9.17) is 10.1 Å². The predicted octanol–water partition coefficient (Wildman–Crippen LogP) is 3.69. The summed E-state index contributed by atoms with van der Waals surface area (Å²) in [6, 6.07) is 12.8. The molecular weight excluding hydrogens is 524 g/mol. The maximum absolute atomic E-state index is 13.6. The van der Waals surface area contributed by atoms with Crippen molar-refractivity contribution in [3.8, 4) is 11.1 Å². The van der Waals surface area contributed by atoms with Crippen LogP contribution in [0.3, 0.4) is 0 Å². The highest BCUT2D eigenvalue weighted by Gasteiger charge is 2.28. The van der Waals surface area contributed by atoms with Crippen molar-refractivity contribution in [3.05, 3.63) is 75.7 Å². The lowest BCUT2D eigenvalue weighted by Crippen LogP contribution is -2.38. The van der Waals surface area contributed by atoms with Gasteiger partial charge in [-0.15, -0.1) is 0 Å². The largest absolute Gasteiger partial charge is 0.449 e. The van der Waals surface area contributed by atoms with Gasteiger partial charge < -0.3 is 29.5 Å². The fourth-order valence-corrected chi connectivity index (χ4v) is 4.81. The molecule has 1 aliphatic heterocycles. The van der Waals surface area contributed by atoms with E-state index in [1.54, 1.807) is 42.4 Å². The van der Waals surface area contributed by atoms with Crippen molar-refractivity contribution < 1.29 is 19.4 Å². The van der Waals surface area contributed by atoms with E-state index in [0.29, 0.717) is 47.3 Å². The summed E-state index contributed by atoms with van der Waals surface area (Å²) in [4.78, 5) is 42.0. The molecule has 2 aromatic carbocycles. The van der Waals surface area contributed by atoms with Gasteiger partial charge in [-0.1, -0.05) is 25.5 Å². The molecule has 0 unspecified atom stereocenters. The van der Waals surface area contributed by atoms with Gasteiger partial charge >= 0.3 is 6.09 Å². The molecule has 1 aliphatic rings. The highest BCUT2D eigenvalue weighted by atomic mass is 16.5. The number of aliphatic hydroxyl groups is 1. The van der Waals surface area contributed by atoms with Crippen molar-refractivity contribution in [1.29, 1.82) is 5.41 Å². The molecule has 4 rings (SSSR count). The SMILES string of the molecule is CCCCOC(=O)NC(=N)Nc1cc(-c2cccc(N3CCc4cc(N(C)C)ccc4C3=O)c2CO)cn(C)c1=O. The number of anilines is 3. The highest BCUT2D eigenvalue weighted by Crippen LogP contribution is 2.35. The van der Waals surface area contributed by atoms with Crippen molar-refractivity contribution in [2.75, 3.05) is 42.4 Å². The molecule has 4 N–H and O–H groups in total. The summed E-state index contributed by atoms with van der Waals surface area (Å²) in [7, 11) is 5.49. The van der Waals surface area contributed by atoms with Crippen LogP contribution in [0.25, 0.3) is 11.1 Å². The van der Waals surface area contributed by atoms with Gasteiger partial charge in [0, 0.05) is 56.3 Å². The Labute approximate surface area is 238 Å². The van der Waals surface area contributed by atoms with Gasteiger partial charge in [-0.05, 0) is 54.3 Å². The van der Waals surface area contributed by atoms with Crippen LogP contribution in [0.2, 0.25) is 0 Å². The fraction of sp³-hybridized carbons (Fsp3) is 0.333. The minimum absolute atomic E-state index is 0.0535. The number of aliphatic hydroxyl groups excluding tert-OH is 1. The molecule has 0 atom stereocenters. The Morgan fingerprint density at radius 1 is 1.15 bits per heavy atom. The number of hydrogen-bond donors (Lipinski definition) is 4. The Kier molecular flexibility index (Phi) is 9.08. The van der Waals surface area contributed by atoms with Crippen LogP contribution in [0.1, 0.15) is 41.3 Å². The third kappa shape index (κ3) is 6.41. The van der Waals surface area contributed by atoms with Crippen LogP contribution in [0, 0.1) is 5.41 Å². The first-order chi connectivity index (χ1) is 19.6. The van der Waals surface area contributed by atoms with E-state index in [1.165, 1.54) is 4.57 Å². The van der Waals surface area contributed by atoms with Crippen molar-refractivity contribution in [3.63, 3.8) is 0 Å². The Balaban J connectivity index is 1.63. The maximum atomic E-state index is 13.6. The first-order valence-electron chi connectivity index (χ1n) is 13.5. The second-order valence-corrected chi connectivity index (χ2v) is 10.1. The third-order valence-corrected chi connectivity index (χ3v) is 7.00. The zero-order chi connectivity index (χ0) is 29.7. The number of aromatic nitrogens is 1. The topological polar surface area (TPSA) is 140 Å². The van der Waals surface area contributed by atoms with Gasteiger partial charge in [-0.25, -0.2) is 4.79 Å². The maximum Gasteiger partial charge on any atom is 0.413 e. The number of rotatable bonds is 8. The second-order valence-electron chi connectivity index (χ2n) is 10.1. The van der Waals surface area contributed by atoms with Crippen molar-refractivity contribution in [2.45, 2.75) is 32.8 Å². The first kappa shape index (κ1) is 29.3. The van der Waals surface area contributed by atoms with E-state index in [9.17, 15) is 19.5 Å². The van der Waals surface area contributed by atoms with Gasteiger partial charge in [-0.3, -0.25) is 20.3 Å². The van der Waals surface area contributed by atoms with Crippen LogP contribution < -0.4 is 26.0 Å². The molecule has 11 heteroatoms. The lowest BCUT2D eigenvalue weighted by molar-refractivity contribution is 0.0980. The molecular formula is C30H36N6O5. The van der Waals surface area contributed by atoms with Crippen molar-refractivity contribution in [2.24, 2.45) is 7.05 Å². The Morgan fingerprint density at radius 2 is 1.93 bits per heavy atom. The number of aryl methyl sites for hydroxylation is 1. The summed E-state index contributed by atoms with van der Waals surface area (Å²) in [5, 5.41) is 23.5. The van der Waals surface area contributed by atoms with E-state index in [2.05, 4.69) is 10.6 Å². The summed E-state index contributed by atoms with van der Waals surface area (Å²) in [6.45, 7) is 2.32. The molecule has 41 heavy (non-hydrogen) atoms. The Bertz CT molecular complexity index is 1530. The minimum atomic E-state index is -0.787. The number of ether oxygens (including phenoxy) is 1. The van der Waals surface area contributed by atoms with Gasteiger partial charge in [0.15, 0.2) is 0 Å². The number of amides is 2. The van der Waals surface area contributed by atoms with Gasteiger partial charge in [0.05, 0.1) is 18.9 Å². The Hall–Kier alpha value is -4.64. The molecule has 0 fully saturated rings. The molecule has 0 saturated carbocycles. The molecule has 216 valence electrons. The van der Waals surface area contributed by atoms with Gasteiger partial charge in [-0.2, -0.15) is 0 Å². The predicted molar refractivity (Wildman–Crippen MR) is 160 cm³/mol. The van der Waals surface area contributed by atoms with Crippen molar-refractivity contribution in [1.82, 2.24) is 9.88 Å². The average Bonchev–Trinajstić information content (AvgIpc) is 2.95. The number of benzene rings is 2. The molecule has 0 aliphatic carbocycles. The average molecular weight is 561 g/mol. The van der Waals surface area contributed by atoms with Crippen LogP contribution in [-0.4, -0.2) is 54.9 Å². The molecule has 0 spiro atoms. The number of pyridine rings is 1. The lowest BCUT2D eigenvalue weighted by atomic mass is 9.94. The van der Waals surface area contributed by atoms with Crippen LogP contribution in [0.5, 0.6) is 0 Å². The van der Waals surface area contributed by atoms with Gasteiger partial charge in [0.25, 0.3) is 11.5 Å². The quantitative estimate of drug-likeness (QED) is 0.187. The number of alkyl carbamates (subject to hydrolysis) is 1. The molecule has 0 saturated heterocycles. The van der Waals surface area contributed by atoms with Crippen LogP contribution in [-0.2, 0) is 24.8 Å². The summed E-state index contributed by atoms with van der Waals surface area (Å²) >= 11 is 0. The number of fused-ring (bicyclic) bond motifs is 1. The Morgan fingerprint density at radius 3 is 2.63 bits per heavy atom. The monoisotopic (exact) mass is 560 g/mol. The molecule has 2 amide bonds. The number of nitrogens with zero attached hydrogens (tertiary/aromatic N) is 3. The molecule has 1 aromatic heterocycles. The van der Waals surface area contributed by atoms with E-state index in [0.717, 1.165) is 17.7 Å². The smallest absolute Gasteiger partial charge is 0.413 e. The first-order valence-corrected chi connectivity index (χ1v) is 13.5. The van der Waals surface area contributed by atoms with Crippen LogP contribution in [0.4, 0.5) is 21.9 Å². The normalized spacial score (nSPS) is 12.5. The van der Waals surface area contributed by atoms with E-state index in [-0.39, 0.29) is 24.8 Å². The molecule has 0 radical (unpaired) electrons. The number of unbranched alkanes of at least 4 members (excludes halogenated alkanes) is 1. The minimum Gasteiger partial charge on any atom is -0.449 e. The zero-order valence-electron chi connectivity index (χ0n) is 23.8. The van der Waals surface area contributed by atoms with Gasteiger partial charge in [0.1, 0.15) is 5.69 Å². The fourth-order valence-electron chi connectivity index (χ4n) is 4.81. The standard InChI is InChI=1S/C30H36N6O5/c1-5-6-14-41-30(40)33-29(31)32-25-16-20(17-35(4)28(25)39)22-8-7-9-26(24(22)18-37)36-13-12-19-15-21(34(2)3)10-11-23(19)27(36)38/h7-11,15-17,37H,5-6,12-14,18H2,1-4H3,(H3,31,32,33,40). The lowest BCUT2D eigenvalue weighted by Gasteiger charge is -2.31. The molecule has 2 heterocycles. The summed E-state index contributed by atoms with van der Waals surface area (Å²) < 4.78 is 6.36. The highest BCUT2D eigenvalue weighted by molar-refractivity contribution is 6.09. The number of guanidine groups is 1. The van der Waals surface area contributed by atoms with Gasteiger partial charge in [0.2, 0.25) is 5.96 Å². The molecule has 0 bridgehead atoms. The van der Waals surface area contributed by atoms with E-state index in [1.807, 2.05) is 44.1 Å². The zero-order valence-corrected chi connectivity index (χ0v) is 23.8. The number of nitrogens with one attached hydrogen (secondary N) is 3. The number of carbonyl (C=O) groups excluding carboxylic acids is 2.